The molecule has 3 aromatic rings. The third-order valence-electron chi connectivity index (χ3n) is 7.22. The van der Waals surface area contributed by atoms with Crippen LogP contribution in [0, 0.1) is 11.8 Å². The first-order valence-electron chi connectivity index (χ1n) is 11.1. The Labute approximate surface area is 209 Å². The molecule has 0 N–H and O–H groups in total. The van der Waals surface area contributed by atoms with Crippen molar-refractivity contribution in [3.8, 4) is 0 Å². The number of rotatable bonds is 3. The van der Waals surface area contributed by atoms with Crippen LogP contribution in [0.1, 0.15) is 45.5 Å². The smallest absolute Gasteiger partial charge is 0.339 e. The summed E-state index contributed by atoms with van der Waals surface area (Å²) < 4.78 is 4.28. The van der Waals surface area contributed by atoms with Crippen molar-refractivity contribution in [2.45, 2.75) is 17.2 Å². The molecule has 5 nitrogen and oxygen atoms in total. The molecule has 1 heterocycles. The Morgan fingerprint density at radius 3 is 2.24 bits per heavy atom. The topological polar surface area (TPSA) is 63.7 Å². The lowest BCUT2D eigenvalue weighted by atomic mass is 9.55. The first-order chi connectivity index (χ1) is 16.4. The van der Waals surface area contributed by atoms with Crippen molar-refractivity contribution in [1.82, 2.24) is 0 Å². The Bertz CT molecular complexity index is 1360. The Morgan fingerprint density at radius 1 is 1.00 bits per heavy atom. The van der Waals surface area contributed by atoms with Gasteiger partial charge in [-0.15, -0.1) is 0 Å². The number of anilines is 1. The summed E-state index contributed by atoms with van der Waals surface area (Å²) in [5, 5.41) is 0.204. The van der Waals surface area contributed by atoms with Gasteiger partial charge in [-0.05, 0) is 47.4 Å². The molecule has 4 aliphatic rings. The molecule has 2 atom stereocenters. The fourth-order valence-corrected chi connectivity index (χ4v) is 7.35. The number of ether oxygens (including phenoxy) is 1. The average Bonchev–Trinajstić information content (AvgIpc) is 3.11. The normalized spacial score (nSPS) is 26.2. The van der Waals surface area contributed by atoms with Gasteiger partial charge in [-0.25, -0.2) is 9.69 Å². The second kappa shape index (κ2) is 7.52. The number of halogens is 2. The van der Waals surface area contributed by atoms with E-state index in [0.717, 1.165) is 22.3 Å². The standard InChI is InChI=1S/C27H19BrClNO4/c1-2-34-26(33)17-13-14(11-12-20(17)29)30-24(31)22-21-15-7-3-5-9-18(15)27(28,23(22)25(30)32)19-10-6-4-8-16(19)21/h3-13,21-23H,2H2,1H3/t21?,22-,23+,27?/m1/s1. The summed E-state index contributed by atoms with van der Waals surface area (Å²) in [6.45, 7) is 1.89. The van der Waals surface area contributed by atoms with E-state index in [1.807, 2.05) is 48.5 Å². The number of imide groups is 1. The van der Waals surface area contributed by atoms with E-state index in [9.17, 15) is 14.4 Å². The molecule has 1 saturated heterocycles. The van der Waals surface area contributed by atoms with Gasteiger partial charge in [0.25, 0.3) is 0 Å². The van der Waals surface area contributed by atoms with Gasteiger partial charge >= 0.3 is 5.97 Å². The number of carbonyl (C=O) groups excluding carboxylic acids is 3. The molecule has 3 aliphatic carbocycles. The molecule has 170 valence electrons. The van der Waals surface area contributed by atoms with Crippen LogP contribution in [0.15, 0.2) is 66.7 Å². The fourth-order valence-electron chi connectivity index (χ4n) is 5.95. The lowest BCUT2D eigenvalue weighted by Crippen LogP contribution is -2.50. The highest BCUT2D eigenvalue weighted by atomic mass is 79.9. The average molecular weight is 537 g/mol. The van der Waals surface area contributed by atoms with Crippen molar-refractivity contribution in [2.75, 3.05) is 11.5 Å². The van der Waals surface area contributed by atoms with E-state index in [1.54, 1.807) is 13.0 Å². The van der Waals surface area contributed by atoms with Gasteiger partial charge < -0.3 is 4.74 Å². The lowest BCUT2D eigenvalue weighted by molar-refractivity contribution is -0.122. The molecule has 3 aromatic carbocycles. The number of hydrogen-bond donors (Lipinski definition) is 0. The van der Waals surface area contributed by atoms with Crippen LogP contribution in [0.5, 0.6) is 0 Å². The zero-order valence-corrected chi connectivity index (χ0v) is 20.5. The van der Waals surface area contributed by atoms with Crippen molar-refractivity contribution in [3.05, 3.63) is 99.6 Å². The van der Waals surface area contributed by atoms with Crippen LogP contribution in [0.25, 0.3) is 0 Å². The first-order valence-corrected chi connectivity index (χ1v) is 12.3. The van der Waals surface area contributed by atoms with E-state index in [4.69, 9.17) is 16.3 Å². The zero-order valence-electron chi connectivity index (χ0n) is 18.1. The van der Waals surface area contributed by atoms with Gasteiger partial charge in [0.15, 0.2) is 0 Å². The van der Waals surface area contributed by atoms with Crippen LogP contribution in [0.3, 0.4) is 0 Å². The van der Waals surface area contributed by atoms with Gasteiger partial charge in [0, 0.05) is 5.92 Å². The monoisotopic (exact) mass is 535 g/mol. The zero-order chi connectivity index (χ0) is 23.8. The van der Waals surface area contributed by atoms with E-state index < -0.39 is 22.1 Å². The van der Waals surface area contributed by atoms with Crippen molar-refractivity contribution >= 4 is 51.0 Å². The quantitative estimate of drug-likeness (QED) is 0.255. The summed E-state index contributed by atoms with van der Waals surface area (Å²) in [6, 6.07) is 20.6. The highest BCUT2D eigenvalue weighted by molar-refractivity contribution is 9.09. The number of carbonyl (C=O) groups is 3. The highest BCUT2D eigenvalue weighted by Crippen LogP contribution is 2.66. The maximum absolute atomic E-state index is 14.0. The van der Waals surface area contributed by atoms with Gasteiger partial charge in [0.2, 0.25) is 11.8 Å². The highest BCUT2D eigenvalue weighted by Gasteiger charge is 2.67. The van der Waals surface area contributed by atoms with Crippen LogP contribution in [-0.4, -0.2) is 24.4 Å². The molecule has 0 aromatic heterocycles. The van der Waals surface area contributed by atoms with E-state index >= 15 is 0 Å². The van der Waals surface area contributed by atoms with Gasteiger partial charge in [0.05, 0.1) is 39.0 Å². The Hall–Kier alpha value is -2.96. The Kier molecular flexibility index (Phi) is 4.77. The van der Waals surface area contributed by atoms with Crippen LogP contribution >= 0.6 is 27.5 Å². The Balaban J connectivity index is 1.52. The molecule has 0 radical (unpaired) electrons. The minimum atomic E-state index is -0.822. The molecule has 7 rings (SSSR count). The molecule has 34 heavy (non-hydrogen) atoms. The minimum absolute atomic E-state index is 0.125. The van der Waals surface area contributed by atoms with Crippen molar-refractivity contribution in [2.24, 2.45) is 11.8 Å². The molecular formula is C27H19BrClNO4. The largest absolute Gasteiger partial charge is 0.462 e. The third kappa shape index (κ3) is 2.64. The molecular weight excluding hydrogens is 518 g/mol. The van der Waals surface area contributed by atoms with E-state index in [1.165, 1.54) is 17.0 Å². The summed E-state index contributed by atoms with van der Waals surface area (Å²) in [5.41, 5.74) is 4.61. The summed E-state index contributed by atoms with van der Waals surface area (Å²) in [6.07, 6.45) is 0. The Morgan fingerprint density at radius 2 is 1.62 bits per heavy atom. The minimum Gasteiger partial charge on any atom is -0.462 e. The van der Waals surface area contributed by atoms with Crippen molar-refractivity contribution in [3.63, 3.8) is 0 Å². The van der Waals surface area contributed by atoms with Crippen LogP contribution < -0.4 is 4.90 Å². The van der Waals surface area contributed by atoms with Gasteiger partial charge in [-0.1, -0.05) is 76.1 Å². The maximum Gasteiger partial charge on any atom is 0.339 e. The summed E-state index contributed by atoms with van der Waals surface area (Å²) >= 11 is 10.2. The van der Waals surface area contributed by atoms with E-state index in [2.05, 4.69) is 15.9 Å². The van der Waals surface area contributed by atoms with Crippen molar-refractivity contribution < 1.29 is 19.1 Å². The summed E-state index contributed by atoms with van der Waals surface area (Å²) in [4.78, 5) is 41.5. The van der Waals surface area contributed by atoms with Gasteiger partial charge in [-0.2, -0.15) is 0 Å². The summed E-state index contributed by atoms with van der Waals surface area (Å²) in [5.74, 6) is -2.56. The second-order valence-corrected chi connectivity index (χ2v) is 10.4. The lowest BCUT2D eigenvalue weighted by Gasteiger charge is -2.51. The van der Waals surface area contributed by atoms with E-state index in [0.29, 0.717) is 5.69 Å². The fraction of sp³-hybridized carbons (Fsp3) is 0.222. The van der Waals surface area contributed by atoms with E-state index in [-0.39, 0.29) is 34.9 Å². The molecule has 1 fully saturated rings. The number of nitrogens with zero attached hydrogens (tertiary/aromatic N) is 1. The molecule has 0 saturated carbocycles. The number of amides is 2. The number of alkyl halides is 1. The van der Waals surface area contributed by atoms with Crippen molar-refractivity contribution in [1.29, 1.82) is 0 Å². The second-order valence-electron chi connectivity index (χ2n) is 8.76. The summed E-state index contributed by atoms with van der Waals surface area (Å²) in [7, 11) is 0. The SMILES string of the molecule is CCOC(=O)c1cc(N2C(=O)[C@@H]3C4c5ccccc5C(Br)(c5ccccc54)[C@@H]3C2=O)ccc1Cl. The molecule has 7 heteroatoms. The molecule has 2 bridgehead atoms. The number of benzene rings is 3. The maximum atomic E-state index is 14.0. The number of hydrogen-bond acceptors (Lipinski definition) is 4. The third-order valence-corrected chi connectivity index (χ3v) is 8.90. The molecule has 0 spiro atoms. The van der Waals surface area contributed by atoms with Gasteiger partial charge in [-0.3, -0.25) is 9.59 Å². The predicted molar refractivity (Wildman–Crippen MR) is 131 cm³/mol. The molecule has 1 aliphatic heterocycles. The molecule has 2 amide bonds. The van der Waals surface area contributed by atoms with Crippen LogP contribution in [0.2, 0.25) is 5.02 Å². The molecule has 0 unspecified atom stereocenters. The van der Waals surface area contributed by atoms with Crippen LogP contribution in [-0.2, 0) is 18.7 Å². The van der Waals surface area contributed by atoms with Crippen LogP contribution in [0.4, 0.5) is 5.69 Å². The first kappa shape index (κ1) is 21.6. The van der Waals surface area contributed by atoms with Gasteiger partial charge in [0.1, 0.15) is 0 Å². The number of esters is 1. The predicted octanol–water partition coefficient (Wildman–Crippen LogP) is 5.42.